The summed E-state index contributed by atoms with van der Waals surface area (Å²) in [7, 11) is 0. The van der Waals surface area contributed by atoms with Gasteiger partial charge in [0.05, 0.1) is 0 Å². The standard InChI is InChI=1S/C5H11NO2S.CH5NOS.H3NOS/c1-9-3-2-4(6)5(7)8;1-4(2)3;1-3-2/h4H,2-3,6H2,1H3,(H,7,8);2H2,1H3;1H,3H2/t4-;;/m0../s1. The quantitative estimate of drug-likeness (QED) is 0.475. The molecule has 0 radical (unpaired) electrons. The molecule has 0 saturated carbocycles. The van der Waals surface area contributed by atoms with Gasteiger partial charge in [0.15, 0.2) is 0 Å². The van der Waals surface area contributed by atoms with Crippen LogP contribution in [0.15, 0.2) is 0 Å². The van der Waals surface area contributed by atoms with Crippen LogP contribution in [0.5, 0.6) is 0 Å². The molecule has 0 aromatic heterocycles. The van der Waals surface area contributed by atoms with Gasteiger partial charge in [-0.1, -0.05) is 0 Å². The summed E-state index contributed by atoms with van der Waals surface area (Å²) >= 11 is -0.424. The minimum Gasteiger partial charge on any atom is -0.599 e. The Morgan fingerprint density at radius 1 is 1.75 bits per heavy atom. The normalized spacial score (nSPS) is 13.1. The van der Waals surface area contributed by atoms with Crippen molar-refractivity contribution in [3.05, 3.63) is 0 Å². The molecule has 2 atom stereocenters. The molecule has 0 heterocycles. The van der Waals surface area contributed by atoms with E-state index < -0.39 is 34.8 Å². The van der Waals surface area contributed by atoms with Crippen LogP contribution in [0.3, 0.4) is 0 Å². The lowest BCUT2D eigenvalue weighted by atomic mass is 10.2. The van der Waals surface area contributed by atoms with Crippen molar-refractivity contribution >= 4 is 40.6 Å². The van der Waals surface area contributed by atoms with Gasteiger partial charge in [-0.15, -0.1) is 0 Å². The third kappa shape index (κ3) is 37.0. The van der Waals surface area contributed by atoms with Crippen molar-refractivity contribution in [2.45, 2.75) is 12.5 Å². The summed E-state index contributed by atoms with van der Waals surface area (Å²) in [5.41, 5.74) is 5.19. The topological polar surface area (TPSA) is 153 Å². The van der Waals surface area contributed by atoms with E-state index >= 15 is 0 Å². The van der Waals surface area contributed by atoms with Crippen LogP contribution in [0.4, 0.5) is 0 Å². The lowest BCUT2D eigenvalue weighted by molar-refractivity contribution is -0.138. The van der Waals surface area contributed by atoms with Crippen LogP contribution in [-0.2, 0) is 27.6 Å². The van der Waals surface area contributed by atoms with Crippen molar-refractivity contribution in [3.8, 4) is 0 Å². The molecule has 0 aromatic carbocycles. The van der Waals surface area contributed by atoms with E-state index in [1.165, 1.54) is 6.26 Å². The Kier molecular flexibility index (Phi) is 23.2. The second-order valence-corrected chi connectivity index (χ2v) is 4.51. The largest absolute Gasteiger partial charge is 0.599 e. The molecule has 0 aromatic rings. The Hall–Kier alpha value is -0.000000000000000111. The van der Waals surface area contributed by atoms with Crippen LogP contribution in [0.25, 0.3) is 0 Å². The van der Waals surface area contributed by atoms with E-state index in [4.69, 9.17) is 19.8 Å². The third-order valence-electron chi connectivity index (χ3n) is 0.950. The zero-order valence-corrected chi connectivity index (χ0v) is 11.8. The fraction of sp³-hybridized carbons (Fsp3) is 0.833. The summed E-state index contributed by atoms with van der Waals surface area (Å²) in [5.74, 6) is -0.1000. The summed E-state index contributed by atoms with van der Waals surface area (Å²) in [5, 5.41) is 12.9. The fourth-order valence-electron chi connectivity index (χ4n) is 0.368. The monoisotopic (exact) mass is 293 g/mol. The number of carbonyl (C=O) groups is 1. The third-order valence-corrected chi connectivity index (χ3v) is 1.59. The molecular formula is C6H19N3O4S3. The molecule has 0 aliphatic carbocycles. The van der Waals surface area contributed by atoms with Crippen molar-refractivity contribution in [1.82, 2.24) is 0 Å². The first-order valence-electron chi connectivity index (χ1n) is 3.92. The van der Waals surface area contributed by atoms with Crippen molar-refractivity contribution < 1.29 is 18.7 Å². The van der Waals surface area contributed by atoms with Crippen LogP contribution < -0.4 is 10.9 Å². The number of carboxylic acid groups (broad SMARTS) is 1. The maximum absolute atomic E-state index is 10.1. The smallest absolute Gasteiger partial charge is 0.320 e. The number of nitrogens with two attached hydrogens (primary N) is 2. The van der Waals surface area contributed by atoms with Gasteiger partial charge in [0.2, 0.25) is 0 Å². The molecule has 0 spiro atoms. The Balaban J connectivity index is -0.000000201. The summed E-state index contributed by atoms with van der Waals surface area (Å²) in [6, 6.07) is -0.683. The van der Waals surface area contributed by atoms with Gasteiger partial charge in [-0.05, 0) is 18.4 Å². The second-order valence-electron chi connectivity index (χ2n) is 2.33. The van der Waals surface area contributed by atoms with Crippen molar-refractivity contribution in [3.63, 3.8) is 0 Å². The van der Waals surface area contributed by atoms with E-state index in [1.54, 1.807) is 11.8 Å². The Bertz CT molecular complexity index is 197. The average molecular weight is 293 g/mol. The Morgan fingerprint density at radius 3 is 2.25 bits per heavy atom. The number of thioether (sulfide) groups is 1. The van der Waals surface area contributed by atoms with Gasteiger partial charge in [0.25, 0.3) is 0 Å². The highest BCUT2D eigenvalue weighted by atomic mass is 32.2. The summed E-state index contributed by atoms with van der Waals surface area (Å²) in [6.45, 7) is 0. The summed E-state index contributed by atoms with van der Waals surface area (Å²) < 4.78 is 23.6. The van der Waals surface area contributed by atoms with E-state index in [1.807, 2.05) is 6.26 Å². The minimum absolute atomic E-state index is 0.552. The number of carboxylic acids is 1. The van der Waals surface area contributed by atoms with Crippen molar-refractivity contribution in [2.24, 2.45) is 10.9 Å². The van der Waals surface area contributed by atoms with Gasteiger partial charge in [-0.2, -0.15) is 16.9 Å². The highest BCUT2D eigenvalue weighted by Gasteiger charge is 2.08. The molecule has 10 heteroatoms. The van der Waals surface area contributed by atoms with Crippen LogP contribution >= 0.6 is 11.8 Å². The van der Waals surface area contributed by atoms with Crippen LogP contribution in [0, 0.1) is 4.78 Å². The molecule has 100 valence electrons. The number of hydrogen-bond donors (Lipinski definition) is 4. The molecule has 0 saturated heterocycles. The first-order valence-corrected chi connectivity index (χ1v) is 7.84. The predicted molar refractivity (Wildman–Crippen MR) is 70.5 cm³/mol. The fourth-order valence-corrected chi connectivity index (χ4v) is 0.858. The number of nitrogens with one attached hydrogen (secondary N) is 1. The van der Waals surface area contributed by atoms with Crippen molar-refractivity contribution in [1.29, 1.82) is 4.78 Å². The first-order chi connectivity index (χ1) is 7.33. The number of hydrogen-bond acceptors (Lipinski definition) is 7. The van der Waals surface area contributed by atoms with Crippen LogP contribution in [0.1, 0.15) is 6.42 Å². The van der Waals surface area contributed by atoms with Crippen LogP contribution in [-0.4, -0.2) is 44.1 Å². The molecule has 1 unspecified atom stereocenters. The van der Waals surface area contributed by atoms with Crippen LogP contribution in [0.2, 0.25) is 0 Å². The highest BCUT2D eigenvalue weighted by molar-refractivity contribution is 7.98. The first kappa shape index (κ1) is 21.3. The van der Waals surface area contributed by atoms with E-state index in [-0.39, 0.29) is 0 Å². The molecule has 0 aliphatic rings. The average Bonchev–Trinajstić information content (AvgIpc) is 2.14. The minimum atomic E-state index is -1.11. The van der Waals surface area contributed by atoms with Gasteiger partial charge in [0.1, 0.15) is 12.3 Å². The molecule has 16 heavy (non-hydrogen) atoms. The van der Waals surface area contributed by atoms with Gasteiger partial charge >= 0.3 is 5.97 Å². The molecule has 6 N–H and O–H groups in total. The van der Waals surface area contributed by atoms with E-state index in [0.29, 0.717) is 6.42 Å². The zero-order chi connectivity index (χ0) is 13.6. The van der Waals surface area contributed by atoms with Crippen molar-refractivity contribution in [2.75, 3.05) is 18.3 Å². The molecule has 7 nitrogen and oxygen atoms in total. The SMILES string of the molecule is CSCC[C@H](N)C(=O)O.C[S+](N)[O-].N=[SH2]=O. The van der Waals surface area contributed by atoms with Gasteiger partial charge in [-0.25, -0.2) is 0 Å². The molecule has 0 bridgehead atoms. The summed E-state index contributed by atoms with van der Waals surface area (Å²) in [6.07, 6.45) is 3.89. The lowest BCUT2D eigenvalue weighted by Crippen LogP contribution is -2.30. The number of aliphatic carboxylic acids is 1. The Morgan fingerprint density at radius 2 is 2.06 bits per heavy atom. The summed E-state index contributed by atoms with van der Waals surface area (Å²) in [4.78, 5) is 10.1. The number of rotatable bonds is 4. The van der Waals surface area contributed by atoms with Gasteiger partial charge in [0, 0.05) is 22.8 Å². The maximum Gasteiger partial charge on any atom is 0.320 e. The van der Waals surface area contributed by atoms with E-state index in [2.05, 4.69) is 5.14 Å². The molecule has 0 amide bonds. The van der Waals surface area contributed by atoms with Gasteiger partial charge < -0.3 is 15.4 Å². The molecule has 0 aliphatic heterocycles. The Labute approximate surface area is 106 Å². The second kappa shape index (κ2) is 17.4. The van der Waals surface area contributed by atoms with E-state index in [9.17, 15) is 9.35 Å². The lowest BCUT2D eigenvalue weighted by Gasteiger charge is -2.02. The maximum atomic E-state index is 10.1. The molecular weight excluding hydrogens is 274 g/mol. The predicted octanol–water partition coefficient (Wildman–Crippen LogP) is -1.18. The van der Waals surface area contributed by atoms with E-state index in [0.717, 1.165) is 5.75 Å². The van der Waals surface area contributed by atoms with Gasteiger partial charge in [-0.3, -0.25) is 13.8 Å². The molecule has 0 fully saturated rings. The zero-order valence-electron chi connectivity index (χ0n) is 9.13. The highest BCUT2D eigenvalue weighted by Crippen LogP contribution is 1.97. The molecule has 0 rings (SSSR count).